The summed E-state index contributed by atoms with van der Waals surface area (Å²) in [6.45, 7) is 0.0421. The van der Waals surface area contributed by atoms with Gasteiger partial charge in [0.2, 0.25) is 0 Å². The summed E-state index contributed by atoms with van der Waals surface area (Å²) in [6, 6.07) is 10.5. The predicted molar refractivity (Wildman–Crippen MR) is 108 cm³/mol. The van der Waals surface area contributed by atoms with Gasteiger partial charge in [0.05, 0.1) is 27.0 Å². The lowest BCUT2D eigenvalue weighted by atomic mass is 10.1. The third-order valence-electron chi connectivity index (χ3n) is 3.92. The summed E-state index contributed by atoms with van der Waals surface area (Å²) in [5.74, 6) is 0.665. The van der Waals surface area contributed by atoms with Gasteiger partial charge in [-0.2, -0.15) is 0 Å². The van der Waals surface area contributed by atoms with Gasteiger partial charge in [-0.05, 0) is 12.1 Å². The number of benzene rings is 2. The van der Waals surface area contributed by atoms with Crippen LogP contribution in [0.15, 0.2) is 41.8 Å². The van der Waals surface area contributed by atoms with Gasteiger partial charge in [0.15, 0.2) is 11.5 Å². The fraction of sp³-hybridized carbons (Fsp3) is 0.200. The van der Waals surface area contributed by atoms with Gasteiger partial charge in [-0.1, -0.05) is 23.7 Å². The number of aromatic nitrogens is 1. The number of methoxy groups -OCH3 is 3. The first kappa shape index (κ1) is 20.0. The summed E-state index contributed by atoms with van der Waals surface area (Å²) < 4.78 is 21.1. The number of carbonyl (C=O) groups is 1. The number of hydrogen-bond donors (Lipinski definition) is 0. The van der Waals surface area contributed by atoms with E-state index in [9.17, 15) is 4.79 Å². The number of carbonyl (C=O) groups excluding carboxylic acids is 1. The number of ether oxygens (including phenoxy) is 4. The summed E-state index contributed by atoms with van der Waals surface area (Å²) in [5, 5.41) is 3.34. The second-order valence-corrected chi connectivity index (χ2v) is 6.93. The van der Waals surface area contributed by atoms with Crippen molar-refractivity contribution >= 4 is 28.9 Å². The van der Waals surface area contributed by atoms with Crippen molar-refractivity contribution in [2.45, 2.75) is 6.61 Å². The average Bonchev–Trinajstić information content (AvgIpc) is 3.20. The Morgan fingerprint density at radius 3 is 2.29 bits per heavy atom. The van der Waals surface area contributed by atoms with E-state index in [0.29, 0.717) is 28.0 Å². The highest BCUT2D eigenvalue weighted by atomic mass is 35.5. The van der Waals surface area contributed by atoms with Crippen LogP contribution in [0.1, 0.15) is 16.1 Å². The predicted octanol–water partition coefficient (Wildman–Crippen LogP) is 4.85. The first-order valence-corrected chi connectivity index (χ1v) is 9.49. The van der Waals surface area contributed by atoms with Crippen molar-refractivity contribution in [3.63, 3.8) is 0 Å². The van der Waals surface area contributed by atoms with Crippen LogP contribution in [0.2, 0.25) is 5.02 Å². The summed E-state index contributed by atoms with van der Waals surface area (Å²) in [7, 11) is 4.47. The van der Waals surface area contributed by atoms with Gasteiger partial charge in [-0.25, -0.2) is 9.78 Å². The molecular weight excluding hydrogens is 402 g/mol. The molecule has 0 fully saturated rings. The van der Waals surface area contributed by atoms with Gasteiger partial charge in [0.1, 0.15) is 22.9 Å². The van der Waals surface area contributed by atoms with E-state index in [0.717, 1.165) is 10.6 Å². The zero-order valence-corrected chi connectivity index (χ0v) is 17.1. The normalized spacial score (nSPS) is 10.4. The third kappa shape index (κ3) is 4.37. The maximum Gasteiger partial charge on any atom is 0.342 e. The molecule has 3 rings (SSSR count). The van der Waals surface area contributed by atoms with Gasteiger partial charge >= 0.3 is 5.97 Å². The van der Waals surface area contributed by atoms with Crippen LogP contribution >= 0.6 is 22.9 Å². The molecule has 0 N–H and O–H groups in total. The molecule has 0 aliphatic heterocycles. The summed E-state index contributed by atoms with van der Waals surface area (Å²) in [6.07, 6.45) is 0. The maximum atomic E-state index is 12.5. The van der Waals surface area contributed by atoms with Gasteiger partial charge in [0, 0.05) is 28.1 Å². The smallest absolute Gasteiger partial charge is 0.342 e. The molecule has 2 aromatic carbocycles. The molecule has 1 heterocycles. The summed E-state index contributed by atoms with van der Waals surface area (Å²) in [5.41, 5.74) is 1.85. The van der Waals surface area contributed by atoms with Crippen LogP contribution in [0.5, 0.6) is 17.2 Å². The lowest BCUT2D eigenvalue weighted by Gasteiger charge is -2.13. The Labute approximate surface area is 171 Å². The SMILES string of the molecule is COc1cc(OC)c(C(=O)OCc2csc(-c3ccc(Cl)cc3)n2)cc1OC. The maximum absolute atomic E-state index is 12.5. The van der Waals surface area contributed by atoms with Crippen LogP contribution in [0, 0.1) is 0 Å². The Balaban J connectivity index is 1.73. The lowest BCUT2D eigenvalue weighted by molar-refractivity contribution is 0.0464. The van der Waals surface area contributed by atoms with Crippen LogP contribution in [0.3, 0.4) is 0 Å². The minimum atomic E-state index is -0.543. The van der Waals surface area contributed by atoms with Crippen molar-refractivity contribution in [3.05, 3.63) is 58.1 Å². The summed E-state index contributed by atoms with van der Waals surface area (Å²) in [4.78, 5) is 17.0. The zero-order chi connectivity index (χ0) is 20.1. The molecule has 0 amide bonds. The zero-order valence-electron chi connectivity index (χ0n) is 15.5. The van der Waals surface area contributed by atoms with Crippen molar-refractivity contribution in [1.29, 1.82) is 0 Å². The molecule has 0 aliphatic rings. The second-order valence-electron chi connectivity index (χ2n) is 5.63. The first-order chi connectivity index (χ1) is 13.5. The molecule has 6 nitrogen and oxygen atoms in total. The molecule has 0 saturated heterocycles. The van der Waals surface area contributed by atoms with Crippen LogP contribution in [-0.2, 0) is 11.3 Å². The Morgan fingerprint density at radius 2 is 1.64 bits per heavy atom. The van der Waals surface area contributed by atoms with E-state index in [-0.39, 0.29) is 12.2 Å². The van der Waals surface area contributed by atoms with Crippen LogP contribution in [-0.4, -0.2) is 32.3 Å². The standard InChI is InChI=1S/C20H18ClNO5S/c1-24-16-9-18(26-3)17(25-2)8-15(16)20(23)27-10-14-11-28-19(22-14)12-4-6-13(21)7-5-12/h4-9,11H,10H2,1-3H3. The van der Waals surface area contributed by atoms with Crippen LogP contribution in [0.25, 0.3) is 10.6 Å². The van der Waals surface area contributed by atoms with E-state index in [1.165, 1.54) is 38.7 Å². The van der Waals surface area contributed by atoms with Crippen LogP contribution in [0.4, 0.5) is 0 Å². The fourth-order valence-electron chi connectivity index (χ4n) is 2.50. The van der Waals surface area contributed by atoms with Crippen molar-refractivity contribution in [2.24, 2.45) is 0 Å². The average molecular weight is 420 g/mol. The van der Waals surface area contributed by atoms with Crippen molar-refractivity contribution in [2.75, 3.05) is 21.3 Å². The Morgan fingerprint density at radius 1 is 1.00 bits per heavy atom. The number of hydrogen-bond acceptors (Lipinski definition) is 7. The minimum absolute atomic E-state index is 0.0421. The number of rotatable bonds is 7. The lowest BCUT2D eigenvalue weighted by Crippen LogP contribution is -2.08. The molecule has 0 spiro atoms. The molecule has 0 aliphatic carbocycles. The van der Waals surface area contributed by atoms with E-state index >= 15 is 0 Å². The molecule has 0 bridgehead atoms. The highest BCUT2D eigenvalue weighted by molar-refractivity contribution is 7.13. The van der Waals surface area contributed by atoms with E-state index in [1.54, 1.807) is 18.2 Å². The molecule has 3 aromatic rings. The summed E-state index contributed by atoms with van der Waals surface area (Å²) >= 11 is 7.38. The second kappa shape index (κ2) is 8.95. The number of halogens is 1. The molecular formula is C20H18ClNO5S. The molecule has 8 heteroatoms. The van der Waals surface area contributed by atoms with Gasteiger partial charge in [-0.15, -0.1) is 11.3 Å². The molecule has 0 unspecified atom stereocenters. The monoisotopic (exact) mass is 419 g/mol. The van der Waals surface area contributed by atoms with Gasteiger partial charge < -0.3 is 18.9 Å². The molecule has 28 heavy (non-hydrogen) atoms. The number of nitrogens with zero attached hydrogens (tertiary/aromatic N) is 1. The number of esters is 1. The first-order valence-electron chi connectivity index (χ1n) is 8.23. The van der Waals surface area contributed by atoms with E-state index in [1.807, 2.05) is 17.5 Å². The quantitative estimate of drug-likeness (QED) is 0.510. The van der Waals surface area contributed by atoms with E-state index in [2.05, 4.69) is 4.98 Å². The van der Waals surface area contributed by atoms with E-state index < -0.39 is 5.97 Å². The van der Waals surface area contributed by atoms with Gasteiger partial charge in [-0.3, -0.25) is 0 Å². The van der Waals surface area contributed by atoms with E-state index in [4.69, 9.17) is 30.5 Å². The Hall–Kier alpha value is -2.77. The molecule has 1 aromatic heterocycles. The highest BCUT2D eigenvalue weighted by Crippen LogP contribution is 2.35. The topological polar surface area (TPSA) is 66.9 Å². The Bertz CT molecular complexity index is 971. The largest absolute Gasteiger partial charge is 0.496 e. The van der Waals surface area contributed by atoms with Crippen molar-refractivity contribution in [1.82, 2.24) is 4.98 Å². The van der Waals surface area contributed by atoms with Crippen LogP contribution < -0.4 is 14.2 Å². The van der Waals surface area contributed by atoms with Gasteiger partial charge in [0.25, 0.3) is 0 Å². The minimum Gasteiger partial charge on any atom is -0.496 e. The molecule has 146 valence electrons. The highest BCUT2D eigenvalue weighted by Gasteiger charge is 2.19. The third-order valence-corrected chi connectivity index (χ3v) is 5.11. The fourth-order valence-corrected chi connectivity index (χ4v) is 3.44. The van der Waals surface area contributed by atoms with Crippen molar-refractivity contribution in [3.8, 4) is 27.8 Å². The van der Waals surface area contributed by atoms with Crippen molar-refractivity contribution < 1.29 is 23.7 Å². The molecule has 0 radical (unpaired) electrons. The molecule has 0 atom stereocenters. The Kier molecular flexibility index (Phi) is 6.38. The molecule has 0 saturated carbocycles. The number of thiazole rings is 1.